The Kier molecular flexibility index (Phi) is 5.73. The normalized spacial score (nSPS) is 30.6. The third kappa shape index (κ3) is 3.82. The molecule has 36 heavy (non-hydrogen) atoms. The molecule has 1 unspecified atom stereocenters. The number of fused-ring (bicyclic) bond motifs is 5. The Labute approximate surface area is 212 Å². The number of para-hydroxylation sites is 1. The van der Waals surface area contributed by atoms with Crippen LogP contribution in [0.3, 0.4) is 0 Å². The summed E-state index contributed by atoms with van der Waals surface area (Å²) in [6.45, 7) is 4.88. The van der Waals surface area contributed by atoms with E-state index in [0.717, 1.165) is 37.9 Å². The van der Waals surface area contributed by atoms with Crippen LogP contribution in [0.25, 0.3) is 10.9 Å². The van der Waals surface area contributed by atoms with Gasteiger partial charge in [-0.05, 0) is 68.9 Å². The van der Waals surface area contributed by atoms with E-state index in [9.17, 15) is 4.39 Å². The molecule has 0 spiro atoms. The van der Waals surface area contributed by atoms with Crippen molar-refractivity contribution in [1.29, 1.82) is 0 Å². The Balaban J connectivity index is 1.18. The van der Waals surface area contributed by atoms with Gasteiger partial charge in [0.1, 0.15) is 0 Å². The molecular weight excluding hydrogens is 451 g/mol. The zero-order chi connectivity index (χ0) is 24.2. The average Bonchev–Trinajstić information content (AvgIpc) is 3.22. The summed E-state index contributed by atoms with van der Waals surface area (Å²) >= 11 is 0. The zero-order valence-corrected chi connectivity index (χ0v) is 21.2. The van der Waals surface area contributed by atoms with Crippen LogP contribution < -0.4 is 5.32 Å². The average molecular weight is 489 g/mol. The molecule has 0 radical (unpaired) electrons. The standard InChI is InChI=1S/C29H37FN6/c1-18-11-24-23-5-2-3-6-25(23)34-27(24)28(36(18)26-8-7-19-12-20(26)13-19)21-14-31-29(32-15-21)33-22-16-35(17-22)10-4-9-30/h2-3,5-6,14-15,18-20,22,26,28,34H,4,7-13,16-17H2,1H3,(H,31,32,33)/t18-,19?,20?,26?,28-/m1/s1. The number of H-pyrrole nitrogens is 1. The predicted octanol–water partition coefficient (Wildman–Crippen LogP) is 4.94. The monoisotopic (exact) mass is 488 g/mol. The van der Waals surface area contributed by atoms with Crippen molar-refractivity contribution in [3.63, 3.8) is 0 Å². The molecule has 0 amide bonds. The Hall–Kier alpha value is -2.51. The van der Waals surface area contributed by atoms with E-state index in [1.54, 1.807) is 0 Å². The number of rotatable bonds is 7. The Morgan fingerprint density at radius 1 is 1.11 bits per heavy atom. The van der Waals surface area contributed by atoms with Crippen molar-refractivity contribution in [2.24, 2.45) is 11.8 Å². The highest BCUT2D eigenvalue weighted by Gasteiger charge is 2.48. The molecule has 190 valence electrons. The number of likely N-dealkylation sites (tertiary alicyclic amines) is 1. The van der Waals surface area contributed by atoms with E-state index < -0.39 is 0 Å². The molecule has 2 bridgehead atoms. The minimum atomic E-state index is -0.240. The van der Waals surface area contributed by atoms with Crippen molar-refractivity contribution in [3.8, 4) is 0 Å². The van der Waals surface area contributed by atoms with Gasteiger partial charge in [0.2, 0.25) is 5.95 Å². The molecule has 1 saturated heterocycles. The van der Waals surface area contributed by atoms with E-state index >= 15 is 0 Å². The van der Waals surface area contributed by atoms with Gasteiger partial charge in [-0.15, -0.1) is 0 Å². The third-order valence-corrected chi connectivity index (χ3v) is 9.38. The predicted molar refractivity (Wildman–Crippen MR) is 141 cm³/mol. The lowest BCUT2D eigenvalue weighted by molar-refractivity contribution is -0.0357. The first kappa shape index (κ1) is 22.7. The van der Waals surface area contributed by atoms with Crippen LogP contribution >= 0.6 is 0 Å². The number of nitrogens with zero attached hydrogens (tertiary/aromatic N) is 4. The van der Waals surface area contributed by atoms with Crippen LogP contribution in [0.15, 0.2) is 36.7 Å². The molecular formula is C29H37FN6. The number of aromatic amines is 1. The van der Waals surface area contributed by atoms with Gasteiger partial charge in [-0.1, -0.05) is 18.2 Å². The molecule has 3 aromatic rings. The number of aromatic nitrogens is 3. The SMILES string of the molecule is C[C@@H]1Cc2c([nH]c3ccccc23)[C@@H](c2cnc(NC3CN(CCCF)C3)nc2)N1C1CCC2CC1C2. The van der Waals surface area contributed by atoms with Gasteiger partial charge in [0.25, 0.3) is 0 Å². The van der Waals surface area contributed by atoms with E-state index in [0.29, 0.717) is 30.5 Å². The molecule has 6 nitrogen and oxygen atoms in total. The van der Waals surface area contributed by atoms with Gasteiger partial charge in [-0.25, -0.2) is 9.97 Å². The van der Waals surface area contributed by atoms with Gasteiger partial charge in [0.15, 0.2) is 0 Å². The van der Waals surface area contributed by atoms with Crippen molar-refractivity contribution in [2.75, 3.05) is 31.6 Å². The number of halogens is 1. The maximum Gasteiger partial charge on any atom is 0.222 e. The summed E-state index contributed by atoms with van der Waals surface area (Å²) in [4.78, 5) is 18.5. The quantitative estimate of drug-likeness (QED) is 0.493. The van der Waals surface area contributed by atoms with Crippen LogP contribution in [0.2, 0.25) is 0 Å². The minimum absolute atomic E-state index is 0.159. The van der Waals surface area contributed by atoms with E-state index in [1.807, 2.05) is 12.4 Å². The highest BCUT2D eigenvalue weighted by molar-refractivity contribution is 5.85. The smallest absolute Gasteiger partial charge is 0.222 e. The molecule has 3 aliphatic carbocycles. The molecule has 5 aliphatic rings. The van der Waals surface area contributed by atoms with E-state index in [-0.39, 0.29) is 12.7 Å². The summed E-state index contributed by atoms with van der Waals surface area (Å²) in [6.07, 6.45) is 11.3. The number of hydrogen-bond acceptors (Lipinski definition) is 5. The lowest BCUT2D eigenvalue weighted by atomic mass is 9.61. The summed E-state index contributed by atoms with van der Waals surface area (Å²) in [5, 5.41) is 4.83. The number of benzene rings is 1. The number of anilines is 1. The highest BCUT2D eigenvalue weighted by atomic mass is 19.1. The maximum absolute atomic E-state index is 12.4. The summed E-state index contributed by atoms with van der Waals surface area (Å²) < 4.78 is 12.4. The molecule has 7 heteroatoms. The fraction of sp³-hybridized carbons (Fsp3) is 0.586. The van der Waals surface area contributed by atoms with E-state index in [2.05, 4.69) is 51.3 Å². The fourth-order valence-corrected chi connectivity index (χ4v) is 7.57. The molecule has 4 fully saturated rings. The largest absolute Gasteiger partial charge is 0.357 e. The second kappa shape index (κ2) is 9.10. The molecule has 8 rings (SSSR count). The van der Waals surface area contributed by atoms with Gasteiger partial charge in [0.05, 0.1) is 18.8 Å². The molecule has 3 saturated carbocycles. The van der Waals surface area contributed by atoms with Crippen LogP contribution in [0.5, 0.6) is 0 Å². The van der Waals surface area contributed by atoms with Crippen LogP contribution in [-0.4, -0.2) is 69.2 Å². The lowest BCUT2D eigenvalue weighted by Crippen LogP contribution is -2.56. The maximum atomic E-state index is 12.4. The van der Waals surface area contributed by atoms with Gasteiger partial charge >= 0.3 is 0 Å². The van der Waals surface area contributed by atoms with Crippen molar-refractivity contribution in [1.82, 2.24) is 24.8 Å². The van der Waals surface area contributed by atoms with Crippen molar-refractivity contribution >= 4 is 16.9 Å². The highest BCUT2D eigenvalue weighted by Crippen LogP contribution is 2.52. The van der Waals surface area contributed by atoms with Gasteiger partial charge < -0.3 is 10.3 Å². The van der Waals surface area contributed by atoms with Crippen molar-refractivity contribution < 1.29 is 4.39 Å². The molecule has 2 aromatic heterocycles. The minimum Gasteiger partial charge on any atom is -0.357 e. The number of hydrogen-bond donors (Lipinski definition) is 2. The van der Waals surface area contributed by atoms with Crippen molar-refractivity contribution in [3.05, 3.63) is 53.5 Å². The fourth-order valence-electron chi connectivity index (χ4n) is 7.57. The second-order valence-corrected chi connectivity index (χ2v) is 11.7. The zero-order valence-electron chi connectivity index (χ0n) is 21.2. The number of alkyl halides is 1. The van der Waals surface area contributed by atoms with Gasteiger partial charge in [-0.2, -0.15) is 0 Å². The molecule has 2 N–H and O–H groups in total. The molecule has 4 heterocycles. The summed E-state index contributed by atoms with van der Waals surface area (Å²) in [7, 11) is 0. The van der Waals surface area contributed by atoms with Crippen molar-refractivity contribution in [2.45, 2.75) is 69.6 Å². The van der Waals surface area contributed by atoms with Gasteiger partial charge in [-0.3, -0.25) is 14.2 Å². The summed E-state index contributed by atoms with van der Waals surface area (Å²) in [5.74, 6) is 2.50. The first-order chi connectivity index (χ1) is 17.7. The topological polar surface area (TPSA) is 60.1 Å². The summed E-state index contributed by atoms with van der Waals surface area (Å²) in [6, 6.07) is 10.4. The van der Waals surface area contributed by atoms with Crippen LogP contribution in [0.4, 0.5) is 10.3 Å². The molecule has 3 atom stereocenters. The number of nitrogens with one attached hydrogen (secondary N) is 2. The molecule has 2 aliphatic heterocycles. The molecule has 1 aromatic carbocycles. The third-order valence-electron chi connectivity index (χ3n) is 9.38. The second-order valence-electron chi connectivity index (χ2n) is 11.7. The van der Waals surface area contributed by atoms with Crippen LogP contribution in [0, 0.1) is 11.8 Å². The summed E-state index contributed by atoms with van der Waals surface area (Å²) in [5.41, 5.74) is 5.21. The van der Waals surface area contributed by atoms with E-state index in [1.165, 1.54) is 53.4 Å². The van der Waals surface area contributed by atoms with Crippen LogP contribution in [-0.2, 0) is 6.42 Å². The first-order valence-corrected chi connectivity index (χ1v) is 13.9. The van der Waals surface area contributed by atoms with Crippen LogP contribution in [0.1, 0.15) is 61.9 Å². The lowest BCUT2D eigenvalue weighted by Gasteiger charge is -2.55. The first-order valence-electron chi connectivity index (χ1n) is 13.9. The Morgan fingerprint density at radius 3 is 2.67 bits per heavy atom. The van der Waals surface area contributed by atoms with Gasteiger partial charge in [0, 0.05) is 66.3 Å². The Morgan fingerprint density at radius 2 is 1.92 bits per heavy atom. The Bertz CT molecular complexity index is 1210. The van der Waals surface area contributed by atoms with E-state index in [4.69, 9.17) is 9.97 Å².